The molecule has 0 unspecified atom stereocenters. The number of allylic oxidation sites excluding steroid dienone is 3. The number of aliphatic imine (C=N–C) groups is 2. The maximum absolute atomic E-state index is 4.46. The van der Waals surface area contributed by atoms with Gasteiger partial charge in [0.25, 0.3) is 0 Å². The third-order valence-corrected chi connectivity index (χ3v) is 27.0. The Kier molecular flexibility index (Phi) is 35.1. The molecule has 3 aliphatic carbocycles. The molecule has 0 saturated heterocycles. The second-order valence-electron chi connectivity index (χ2n) is 50.6. The van der Waals surface area contributed by atoms with Gasteiger partial charge < -0.3 is 9.97 Å². The Morgan fingerprint density at radius 1 is 0.240 bits per heavy atom. The van der Waals surface area contributed by atoms with Gasteiger partial charge in [-0.1, -0.05) is 380 Å². The monoisotopic (exact) mass is 1940 g/mol. The minimum atomic E-state index is 0.173. The van der Waals surface area contributed by atoms with Crippen LogP contribution in [0.1, 0.15) is 340 Å². The molecule has 0 fully saturated rings. The molecule has 3 N–H and O–H groups in total. The van der Waals surface area contributed by atoms with Crippen LogP contribution in [-0.4, -0.2) is 62.5 Å². The van der Waals surface area contributed by atoms with Crippen LogP contribution in [0.2, 0.25) is 0 Å². The molecule has 760 valence electrons. The summed E-state index contributed by atoms with van der Waals surface area (Å²) in [6.45, 7) is 74.2. The number of benzene rings is 8. The van der Waals surface area contributed by atoms with Crippen molar-refractivity contribution in [3.8, 4) is 0 Å². The minimum absolute atomic E-state index is 0.173. The Labute approximate surface area is 874 Å². The average molecular weight is 1940 g/mol. The highest BCUT2D eigenvalue weighted by atomic mass is 15.1. The first-order chi connectivity index (χ1) is 68.3. The topological polar surface area (TPSA) is 162 Å². The lowest BCUT2D eigenvalue weighted by Crippen LogP contribution is -2.12. The molecule has 146 heavy (non-hydrogen) atoms. The predicted molar refractivity (Wildman–Crippen MR) is 631 cm³/mol. The quantitative estimate of drug-likeness (QED) is 0.136. The maximum Gasteiger partial charge on any atom is 0.0878 e. The van der Waals surface area contributed by atoms with Gasteiger partial charge in [0, 0.05) is 108 Å². The third-order valence-electron chi connectivity index (χ3n) is 27.0. The Balaban J connectivity index is 0.000000143. The lowest BCUT2D eigenvalue weighted by molar-refractivity contribution is 0.586. The summed E-state index contributed by atoms with van der Waals surface area (Å²) in [5.74, 6) is 0. The largest absolute Gasteiger partial charge is 0.361 e. The van der Waals surface area contributed by atoms with Gasteiger partial charge in [0.2, 0.25) is 0 Å². The van der Waals surface area contributed by atoms with E-state index < -0.39 is 0 Å². The summed E-state index contributed by atoms with van der Waals surface area (Å²) < 4.78 is 0. The highest BCUT2D eigenvalue weighted by Crippen LogP contribution is 2.37. The van der Waals surface area contributed by atoms with E-state index >= 15 is 0 Å². The number of para-hydroxylation sites is 1. The van der Waals surface area contributed by atoms with Gasteiger partial charge in [0.1, 0.15) is 0 Å². The van der Waals surface area contributed by atoms with Crippen molar-refractivity contribution < 1.29 is 0 Å². The van der Waals surface area contributed by atoms with Crippen LogP contribution >= 0.6 is 0 Å². The molecule has 0 amide bonds. The van der Waals surface area contributed by atoms with Gasteiger partial charge in [-0.25, -0.2) is 0 Å². The number of pyridine rings is 6. The van der Waals surface area contributed by atoms with Crippen molar-refractivity contribution in [1.29, 1.82) is 0 Å². The normalized spacial score (nSPS) is 13.2. The first-order valence-electron chi connectivity index (χ1n) is 52.2. The van der Waals surface area contributed by atoms with Crippen molar-refractivity contribution in [2.45, 2.75) is 320 Å². The van der Waals surface area contributed by atoms with Gasteiger partial charge in [-0.05, 0) is 269 Å². The highest BCUT2D eigenvalue weighted by molar-refractivity contribution is 5.86. The predicted octanol–water partition coefficient (Wildman–Crippen LogP) is 35.4. The molecule has 17 aromatic rings. The zero-order chi connectivity index (χ0) is 106. The van der Waals surface area contributed by atoms with E-state index in [-0.39, 0.29) is 59.6 Å². The SMILES string of the molecule is CC(C)(C)c1ccc2c(c1)C=CC2.CC(C)(C)c1ccc2c(c1)C=NC2.CC(C)(C)c1ccc2c(c1)N=CC2.CC(C)(C)c1ccc2cc[nH]c2c1.CC(C)(C)c1ccc2cccnc2c1.CC(C)(C)c1ccc2cn[nH]c2c1.CC(C)(C)c1ccc2ncccc2c1.CC(C)(C)c1cnc2c(c1)C=CC2.CC(C)(C)c1cnc2c(c1)C=CC2.CC(C)(C)c1cnc2cc[nH]c2c1.CC(C)(C)c1cnc2ccccc2c1. The third kappa shape index (κ3) is 31.3. The van der Waals surface area contributed by atoms with Gasteiger partial charge in [0.15, 0.2) is 0 Å². The highest BCUT2D eigenvalue weighted by Gasteiger charge is 2.25. The molecular formula is C134H164N12. The van der Waals surface area contributed by atoms with Gasteiger partial charge in [-0.3, -0.25) is 45.0 Å². The Morgan fingerprint density at radius 2 is 0.623 bits per heavy atom. The molecule has 2 aliphatic heterocycles. The second kappa shape index (κ2) is 46.1. The second-order valence-corrected chi connectivity index (χ2v) is 50.6. The van der Waals surface area contributed by atoms with Crippen LogP contribution in [-0.2, 0) is 91.8 Å². The molecule has 8 aromatic carbocycles. The van der Waals surface area contributed by atoms with Crippen LogP contribution in [0.15, 0.2) is 296 Å². The standard InChI is InChI=1S/3C13H15N.C13H16.5C12H15N.2C11H14N2/c1-13(2,3)11-6-7-12-10(9-11)5-4-8-14-12;1-13(2,3)11-7-6-10-5-4-8-14-12(10)9-11;1-13(2,3)11-8-10-6-4-5-7-12(10)14-9-11;1-13(2,3)12-8-7-10-5-4-6-11(10)9-12;1-12(2,3)11-5-4-9-7-13-8-10(9)6-11;2*1-12(2,3)10-5-4-9-6-7-13-11(9)8-10;2*1-12(2,3)10-7-9-5-4-6-11(9)13-8-10;1-11(2,3)8-6-10-9(13-7-8)4-5-12-10;1-11(2,3)9-5-4-8-7-12-13-10(8)6-9/h3*4-9H,1-3H3;4,6-9H,5H2,1-3H3;4-6,8H,7H2,1-3H3;4-5,7-8H,6H2,1-3H3;4-8,13H,1-3H3;2*4-5,7-8H,6H2,1-3H3;4-7,12H,1-3H3;4-7H,1-3H3,(H,12,13). The molecule has 22 rings (SSSR count). The fourth-order valence-corrected chi connectivity index (χ4v) is 16.7. The number of nitrogens with zero attached hydrogens (tertiary/aromatic N) is 9. The molecule has 0 radical (unpaired) electrons. The molecule has 0 bridgehead atoms. The fraction of sp³-hybridized carbons (Fsp3) is 0.366. The van der Waals surface area contributed by atoms with E-state index in [1.54, 1.807) is 0 Å². The first-order valence-corrected chi connectivity index (χ1v) is 52.2. The number of hydrogen-bond donors (Lipinski definition) is 3. The van der Waals surface area contributed by atoms with Crippen LogP contribution in [0.3, 0.4) is 0 Å². The van der Waals surface area contributed by atoms with Crippen molar-refractivity contribution in [3.05, 3.63) is 398 Å². The van der Waals surface area contributed by atoms with E-state index in [1.165, 1.54) is 144 Å². The zero-order valence-corrected chi connectivity index (χ0v) is 94.1. The van der Waals surface area contributed by atoms with E-state index in [0.717, 1.165) is 71.0 Å². The molecule has 11 heterocycles. The van der Waals surface area contributed by atoms with Crippen molar-refractivity contribution in [2.75, 3.05) is 0 Å². The van der Waals surface area contributed by atoms with Crippen LogP contribution in [0, 0.1) is 0 Å². The van der Waals surface area contributed by atoms with E-state index in [9.17, 15) is 0 Å². The van der Waals surface area contributed by atoms with Crippen LogP contribution in [0.5, 0.6) is 0 Å². The van der Waals surface area contributed by atoms with Gasteiger partial charge in [-0.2, -0.15) is 5.10 Å². The molecule has 0 atom stereocenters. The van der Waals surface area contributed by atoms with Crippen molar-refractivity contribution in [3.63, 3.8) is 0 Å². The Morgan fingerprint density at radius 3 is 1.19 bits per heavy atom. The number of aromatic amines is 3. The number of hydrogen-bond acceptors (Lipinski definition) is 9. The van der Waals surface area contributed by atoms with E-state index in [0.29, 0.717) is 0 Å². The number of H-pyrrole nitrogens is 3. The van der Waals surface area contributed by atoms with E-state index in [4.69, 9.17) is 0 Å². The summed E-state index contributed by atoms with van der Waals surface area (Å²) in [4.78, 5) is 41.4. The van der Waals surface area contributed by atoms with Crippen LogP contribution in [0.4, 0.5) is 5.69 Å². The van der Waals surface area contributed by atoms with Gasteiger partial charge in [-0.15, -0.1) is 0 Å². The van der Waals surface area contributed by atoms with Crippen molar-refractivity contribution in [1.82, 2.24) is 50.1 Å². The molecule has 0 spiro atoms. The summed E-state index contributed by atoms with van der Waals surface area (Å²) >= 11 is 0. The van der Waals surface area contributed by atoms with E-state index in [1.807, 2.05) is 98.5 Å². The molecule has 12 heteroatoms. The van der Waals surface area contributed by atoms with Gasteiger partial charge >= 0.3 is 0 Å². The molecule has 5 aliphatic rings. The summed E-state index contributed by atoms with van der Waals surface area (Å²) in [7, 11) is 0. The lowest BCUT2D eigenvalue weighted by atomic mass is 9.85. The van der Waals surface area contributed by atoms with Crippen LogP contribution in [0.25, 0.3) is 83.8 Å². The Hall–Kier alpha value is -13.5. The molecule has 12 nitrogen and oxygen atoms in total. The summed E-state index contributed by atoms with van der Waals surface area (Å²) in [6.07, 6.45) is 38.6. The zero-order valence-electron chi connectivity index (χ0n) is 94.1. The number of nitrogens with one attached hydrogen (secondary N) is 3. The number of rotatable bonds is 0. The summed E-state index contributed by atoms with van der Waals surface area (Å²) in [6, 6.07) is 75.5. The first kappa shape index (κ1) is 111. The average Bonchev–Trinajstić information content (AvgIpc) is 1.27. The minimum Gasteiger partial charge on any atom is -0.361 e. The smallest absolute Gasteiger partial charge is 0.0878 e. The van der Waals surface area contributed by atoms with Crippen molar-refractivity contribution in [2.24, 2.45) is 9.98 Å². The van der Waals surface area contributed by atoms with Crippen LogP contribution < -0.4 is 0 Å². The Bertz CT molecular complexity index is 6620. The summed E-state index contributed by atoms with van der Waals surface area (Å²) in [5.41, 5.74) is 37.9. The maximum atomic E-state index is 4.46. The van der Waals surface area contributed by atoms with Gasteiger partial charge in [0.05, 0.1) is 62.9 Å². The lowest BCUT2D eigenvalue weighted by Gasteiger charge is -2.19. The number of aromatic nitrogens is 10. The summed E-state index contributed by atoms with van der Waals surface area (Å²) in [5, 5.41) is 13.1. The number of fused-ring (bicyclic) bond motifs is 11. The molecular weight excluding hydrogens is 1780 g/mol. The van der Waals surface area contributed by atoms with Crippen molar-refractivity contribution >= 4 is 102 Å². The van der Waals surface area contributed by atoms with E-state index in [2.05, 4.69) is 507 Å². The molecule has 0 saturated carbocycles. The fourth-order valence-electron chi connectivity index (χ4n) is 16.7. The molecule has 9 aromatic heterocycles.